The lowest BCUT2D eigenvalue weighted by atomic mass is 9.78. The second kappa shape index (κ2) is 7.68. The van der Waals surface area contributed by atoms with Gasteiger partial charge in [-0.25, -0.2) is 13.2 Å². The van der Waals surface area contributed by atoms with Crippen molar-refractivity contribution in [2.75, 3.05) is 7.11 Å². The molecule has 6 nitrogen and oxygen atoms in total. The molecule has 0 saturated carbocycles. The summed E-state index contributed by atoms with van der Waals surface area (Å²) >= 11 is 0. The number of methoxy groups -OCH3 is 1. The molecule has 1 aliphatic rings. The number of hydrogen-bond donors (Lipinski definition) is 0. The summed E-state index contributed by atoms with van der Waals surface area (Å²) in [5.74, 6) is -0.804. The van der Waals surface area contributed by atoms with Gasteiger partial charge in [-0.2, -0.15) is 5.11 Å². The quantitative estimate of drug-likeness (QED) is 0.580. The number of hydrogen-bond acceptors (Lipinski definition) is 6. The van der Waals surface area contributed by atoms with Gasteiger partial charge in [0, 0.05) is 0 Å². The van der Waals surface area contributed by atoms with E-state index in [-0.39, 0.29) is 10.5 Å². The minimum atomic E-state index is -4.11. The number of rotatable bonds is 5. The Morgan fingerprint density at radius 1 is 0.800 bits per heavy atom. The summed E-state index contributed by atoms with van der Waals surface area (Å²) in [5, 5.41) is 8.05. The first-order chi connectivity index (χ1) is 14.5. The molecule has 0 spiro atoms. The fourth-order valence-electron chi connectivity index (χ4n) is 3.54. The van der Waals surface area contributed by atoms with E-state index in [2.05, 4.69) is 10.2 Å². The molecular formula is C23H18N2O4S. The van der Waals surface area contributed by atoms with E-state index in [0.717, 1.165) is 0 Å². The Morgan fingerprint density at radius 3 is 1.73 bits per heavy atom. The molecule has 0 aromatic heterocycles. The second-order valence-corrected chi connectivity index (χ2v) is 8.50. The minimum Gasteiger partial charge on any atom is -0.465 e. The van der Waals surface area contributed by atoms with Gasteiger partial charge in [0.1, 0.15) is 5.57 Å². The van der Waals surface area contributed by atoms with Gasteiger partial charge in [-0.15, -0.1) is 5.11 Å². The van der Waals surface area contributed by atoms with E-state index in [9.17, 15) is 13.2 Å². The summed E-state index contributed by atoms with van der Waals surface area (Å²) in [6.07, 6.45) is 0. The van der Waals surface area contributed by atoms with E-state index in [1.54, 1.807) is 66.7 Å². The highest BCUT2D eigenvalue weighted by molar-refractivity contribution is 7.95. The fraction of sp³-hybridized carbons (Fsp3) is 0.0870. The molecule has 0 fully saturated rings. The van der Waals surface area contributed by atoms with Crippen LogP contribution < -0.4 is 0 Å². The van der Waals surface area contributed by atoms with Crippen LogP contribution in [-0.2, 0) is 24.9 Å². The Kier molecular flexibility index (Phi) is 5.05. The van der Waals surface area contributed by atoms with Crippen molar-refractivity contribution in [1.29, 1.82) is 0 Å². The van der Waals surface area contributed by atoms with Crippen molar-refractivity contribution >= 4 is 15.8 Å². The van der Waals surface area contributed by atoms with Gasteiger partial charge in [0.15, 0.2) is 10.6 Å². The molecular weight excluding hydrogens is 400 g/mol. The van der Waals surface area contributed by atoms with Gasteiger partial charge in [-0.3, -0.25) is 0 Å². The summed E-state index contributed by atoms with van der Waals surface area (Å²) in [6, 6.07) is 25.8. The monoisotopic (exact) mass is 418 g/mol. The predicted molar refractivity (Wildman–Crippen MR) is 111 cm³/mol. The van der Waals surface area contributed by atoms with Crippen LogP contribution in [0.1, 0.15) is 11.1 Å². The number of carbonyl (C=O) groups is 1. The predicted octanol–water partition coefficient (Wildman–Crippen LogP) is 4.25. The number of nitrogens with zero attached hydrogens (tertiary/aromatic N) is 2. The van der Waals surface area contributed by atoms with E-state index in [1.165, 1.54) is 19.2 Å². The molecule has 4 rings (SSSR count). The highest BCUT2D eigenvalue weighted by Crippen LogP contribution is 2.48. The van der Waals surface area contributed by atoms with Crippen LogP contribution in [0.4, 0.5) is 0 Å². The van der Waals surface area contributed by atoms with Gasteiger partial charge in [-0.05, 0) is 23.3 Å². The molecule has 0 bridgehead atoms. The first-order valence-electron chi connectivity index (χ1n) is 9.19. The third-order valence-electron chi connectivity index (χ3n) is 4.95. The zero-order chi connectivity index (χ0) is 21.2. The Morgan fingerprint density at radius 2 is 1.27 bits per heavy atom. The van der Waals surface area contributed by atoms with E-state index in [4.69, 9.17) is 4.74 Å². The summed E-state index contributed by atoms with van der Waals surface area (Å²) < 4.78 is 31.8. The van der Waals surface area contributed by atoms with Crippen LogP contribution in [0.5, 0.6) is 0 Å². The number of azo groups is 1. The summed E-state index contributed by atoms with van der Waals surface area (Å²) in [7, 11) is -2.90. The van der Waals surface area contributed by atoms with Crippen molar-refractivity contribution in [3.05, 3.63) is 113 Å². The third-order valence-corrected chi connectivity index (χ3v) is 6.63. The largest absolute Gasteiger partial charge is 0.465 e. The maximum absolute atomic E-state index is 13.4. The molecule has 3 aromatic rings. The molecule has 0 unspecified atom stereocenters. The van der Waals surface area contributed by atoms with Crippen molar-refractivity contribution in [2.45, 2.75) is 10.4 Å². The number of benzene rings is 3. The van der Waals surface area contributed by atoms with Crippen molar-refractivity contribution in [2.24, 2.45) is 10.2 Å². The van der Waals surface area contributed by atoms with Crippen LogP contribution in [0.15, 0.2) is 117 Å². The third kappa shape index (κ3) is 3.04. The topological polar surface area (TPSA) is 85.2 Å². The zero-order valence-corrected chi connectivity index (χ0v) is 16.9. The standard InChI is InChI=1S/C23H18N2O4S/c1-29-22(26)20-21(30(27,28)19-15-9-4-10-16-19)24-25-23(20,17-11-5-2-6-12-17)18-13-7-3-8-14-18/h2-16H,1H3. The summed E-state index contributed by atoms with van der Waals surface area (Å²) in [4.78, 5) is 13.0. The van der Waals surface area contributed by atoms with Crippen molar-refractivity contribution in [1.82, 2.24) is 0 Å². The highest BCUT2D eigenvalue weighted by atomic mass is 32.2. The van der Waals surface area contributed by atoms with Gasteiger partial charge >= 0.3 is 5.97 Å². The number of sulfone groups is 1. The molecule has 1 heterocycles. The van der Waals surface area contributed by atoms with Gasteiger partial charge in [0.05, 0.1) is 12.0 Å². The van der Waals surface area contributed by atoms with Gasteiger partial charge < -0.3 is 4.74 Å². The van der Waals surface area contributed by atoms with Gasteiger partial charge in [0.2, 0.25) is 9.84 Å². The lowest BCUT2D eigenvalue weighted by molar-refractivity contribution is -0.136. The normalized spacial score (nSPS) is 15.2. The van der Waals surface area contributed by atoms with Gasteiger partial charge in [-0.1, -0.05) is 78.9 Å². The molecule has 1 aliphatic heterocycles. The molecule has 30 heavy (non-hydrogen) atoms. The molecule has 150 valence electrons. The Labute approximate surface area is 174 Å². The molecule has 0 atom stereocenters. The molecule has 0 aliphatic carbocycles. The Bertz CT molecular complexity index is 1200. The maximum atomic E-state index is 13.4. The Balaban J connectivity index is 2.08. The van der Waals surface area contributed by atoms with Crippen LogP contribution in [-0.4, -0.2) is 21.5 Å². The summed E-state index contributed by atoms with van der Waals surface area (Å²) in [5.41, 5.74) is -0.351. The van der Waals surface area contributed by atoms with Crippen molar-refractivity contribution in [3.8, 4) is 0 Å². The van der Waals surface area contributed by atoms with E-state index in [1.807, 2.05) is 12.1 Å². The molecule has 7 heteroatoms. The highest BCUT2D eigenvalue weighted by Gasteiger charge is 2.51. The maximum Gasteiger partial charge on any atom is 0.340 e. The van der Waals surface area contributed by atoms with Crippen LogP contribution >= 0.6 is 0 Å². The van der Waals surface area contributed by atoms with Crippen LogP contribution in [0, 0.1) is 0 Å². The van der Waals surface area contributed by atoms with Crippen molar-refractivity contribution in [3.63, 3.8) is 0 Å². The molecule has 0 amide bonds. The first-order valence-corrected chi connectivity index (χ1v) is 10.7. The number of ether oxygens (including phenoxy) is 1. The van der Waals surface area contributed by atoms with Crippen LogP contribution in [0.3, 0.4) is 0 Å². The van der Waals surface area contributed by atoms with E-state index < -0.39 is 26.4 Å². The molecule has 0 N–H and O–H groups in total. The SMILES string of the molecule is COC(=O)C1=C(S(=O)(=O)c2ccccc2)N=NC1(c1ccccc1)c1ccccc1. The van der Waals surface area contributed by atoms with E-state index in [0.29, 0.717) is 11.1 Å². The smallest absolute Gasteiger partial charge is 0.340 e. The minimum absolute atomic E-state index is 0.0253. The van der Waals surface area contributed by atoms with E-state index >= 15 is 0 Å². The average Bonchev–Trinajstić information content (AvgIpc) is 3.23. The summed E-state index contributed by atoms with van der Waals surface area (Å²) in [6.45, 7) is 0. The van der Waals surface area contributed by atoms with Crippen molar-refractivity contribution < 1.29 is 17.9 Å². The van der Waals surface area contributed by atoms with Gasteiger partial charge in [0.25, 0.3) is 0 Å². The molecule has 0 radical (unpaired) electrons. The molecule has 3 aromatic carbocycles. The second-order valence-electron chi connectivity index (χ2n) is 6.63. The number of esters is 1. The first kappa shape index (κ1) is 19.7. The zero-order valence-electron chi connectivity index (χ0n) is 16.1. The lowest BCUT2D eigenvalue weighted by Gasteiger charge is -2.28. The van der Waals surface area contributed by atoms with Crippen LogP contribution in [0.2, 0.25) is 0 Å². The molecule has 0 saturated heterocycles. The Hall–Kier alpha value is -3.58. The van der Waals surface area contributed by atoms with Crippen LogP contribution in [0.25, 0.3) is 0 Å². The lowest BCUT2D eigenvalue weighted by Crippen LogP contribution is -2.32. The number of carbonyl (C=O) groups excluding carboxylic acids is 1. The average molecular weight is 418 g/mol. The fourth-order valence-corrected chi connectivity index (χ4v) is 4.93.